The van der Waals surface area contributed by atoms with Crippen molar-refractivity contribution in [2.45, 2.75) is 26.9 Å². The number of carbonyl (C=O) groups is 2. The van der Waals surface area contributed by atoms with Crippen LogP contribution in [0.25, 0.3) is 0 Å². The zero-order chi connectivity index (χ0) is 21.8. The summed E-state index contributed by atoms with van der Waals surface area (Å²) in [5.74, 6) is -0.721. The highest BCUT2D eigenvalue weighted by molar-refractivity contribution is 5.94. The number of anilines is 2. The van der Waals surface area contributed by atoms with Gasteiger partial charge in [-0.05, 0) is 50.1 Å². The van der Waals surface area contributed by atoms with Crippen molar-refractivity contribution >= 4 is 23.2 Å². The Morgan fingerprint density at radius 2 is 1.48 bits per heavy atom. The maximum atomic E-state index is 12.8. The van der Waals surface area contributed by atoms with Crippen LogP contribution in [-0.4, -0.2) is 32.0 Å². The summed E-state index contributed by atoms with van der Waals surface area (Å²) in [5, 5.41) is 5.31. The van der Waals surface area contributed by atoms with Gasteiger partial charge in [-0.3, -0.25) is 9.59 Å². The summed E-state index contributed by atoms with van der Waals surface area (Å²) in [5.41, 5.74) is 2.99. The minimum Gasteiger partial charge on any atom is -0.322 e. The molecule has 0 fully saturated rings. The molecule has 8 heteroatoms. The Morgan fingerprint density at radius 3 is 2.03 bits per heavy atom. The number of aryl methyl sites for hydroxylation is 3. The number of amides is 2. The van der Waals surface area contributed by atoms with Crippen LogP contribution >= 0.6 is 0 Å². The third-order valence-electron chi connectivity index (χ3n) is 4.34. The van der Waals surface area contributed by atoms with Gasteiger partial charge in [0.2, 0.25) is 0 Å². The molecule has 0 radical (unpaired) electrons. The van der Waals surface area contributed by atoms with Gasteiger partial charge in [-0.15, -0.1) is 0 Å². The first kappa shape index (κ1) is 22.4. The topological polar surface area (TPSA) is 62.6 Å². The van der Waals surface area contributed by atoms with Crippen molar-refractivity contribution < 1.29 is 27.7 Å². The molecule has 3 N–H and O–H groups in total. The van der Waals surface area contributed by atoms with E-state index in [-0.39, 0.29) is 24.7 Å². The summed E-state index contributed by atoms with van der Waals surface area (Å²) in [6.07, 6.45) is -4.48. The van der Waals surface area contributed by atoms with Crippen molar-refractivity contribution in [2.24, 2.45) is 0 Å². The average molecular weight is 408 g/mol. The summed E-state index contributed by atoms with van der Waals surface area (Å²) in [7, 11) is 1.67. The van der Waals surface area contributed by atoms with Crippen LogP contribution in [0.3, 0.4) is 0 Å². The third-order valence-corrected chi connectivity index (χ3v) is 4.34. The Bertz CT molecular complexity index is 887. The molecule has 2 rings (SSSR count). The highest BCUT2D eigenvalue weighted by Gasteiger charge is 2.30. The fraction of sp³-hybridized carbons (Fsp3) is 0.333. The van der Waals surface area contributed by atoms with Crippen molar-refractivity contribution in [3.63, 3.8) is 0 Å². The van der Waals surface area contributed by atoms with E-state index in [9.17, 15) is 22.8 Å². The number of alkyl halides is 3. The molecular weight excluding hydrogens is 383 g/mol. The van der Waals surface area contributed by atoms with Crippen molar-refractivity contribution in [1.29, 1.82) is 0 Å². The Balaban J connectivity index is 1.91. The Kier molecular flexibility index (Phi) is 7.02. The molecule has 0 aliphatic rings. The first-order valence-electron chi connectivity index (χ1n) is 9.12. The Hall–Kier alpha value is -2.87. The maximum absolute atomic E-state index is 12.8. The molecule has 29 heavy (non-hydrogen) atoms. The van der Waals surface area contributed by atoms with Crippen molar-refractivity contribution in [2.75, 3.05) is 30.8 Å². The van der Waals surface area contributed by atoms with Gasteiger partial charge in [0.1, 0.15) is 0 Å². The summed E-state index contributed by atoms with van der Waals surface area (Å²) in [6.45, 7) is 5.79. The summed E-state index contributed by atoms with van der Waals surface area (Å²) in [4.78, 5) is 25.0. The van der Waals surface area contributed by atoms with Gasteiger partial charge in [0.15, 0.2) is 13.1 Å². The van der Waals surface area contributed by atoms with Crippen LogP contribution in [0.5, 0.6) is 0 Å². The molecule has 1 unspecified atom stereocenters. The largest absolute Gasteiger partial charge is 0.416 e. The highest BCUT2D eigenvalue weighted by Crippen LogP contribution is 2.30. The molecule has 1 atom stereocenters. The third kappa shape index (κ3) is 6.60. The number of quaternary nitrogens is 1. The molecule has 0 saturated heterocycles. The lowest BCUT2D eigenvalue weighted by atomic mass is 10.1. The molecule has 0 aromatic heterocycles. The van der Waals surface area contributed by atoms with Gasteiger partial charge in [-0.25, -0.2) is 0 Å². The number of hydrogen-bond donors (Lipinski definition) is 3. The monoisotopic (exact) mass is 408 g/mol. The number of carbonyl (C=O) groups excluding carboxylic acids is 2. The van der Waals surface area contributed by atoms with E-state index in [1.807, 2.05) is 32.9 Å². The molecule has 0 bridgehead atoms. The molecule has 5 nitrogen and oxygen atoms in total. The lowest BCUT2D eigenvalue weighted by Gasteiger charge is -2.16. The molecule has 156 valence electrons. The highest BCUT2D eigenvalue weighted by atomic mass is 19.4. The lowest BCUT2D eigenvalue weighted by molar-refractivity contribution is -0.862. The van der Waals surface area contributed by atoms with E-state index in [0.29, 0.717) is 4.90 Å². The van der Waals surface area contributed by atoms with Crippen LogP contribution in [0.15, 0.2) is 36.4 Å². The molecule has 0 heterocycles. The van der Waals surface area contributed by atoms with Crippen LogP contribution in [0.2, 0.25) is 0 Å². The summed E-state index contributed by atoms with van der Waals surface area (Å²) in [6, 6.07) is 8.38. The van der Waals surface area contributed by atoms with E-state index in [2.05, 4.69) is 10.6 Å². The number of rotatable bonds is 6. The van der Waals surface area contributed by atoms with Crippen LogP contribution in [0, 0.1) is 20.8 Å². The van der Waals surface area contributed by atoms with E-state index >= 15 is 0 Å². The fourth-order valence-corrected chi connectivity index (χ4v) is 3.15. The van der Waals surface area contributed by atoms with E-state index < -0.39 is 17.6 Å². The van der Waals surface area contributed by atoms with E-state index in [1.54, 1.807) is 7.05 Å². The first-order chi connectivity index (χ1) is 13.5. The minimum absolute atomic E-state index is 0.0444. The second-order valence-electron chi connectivity index (χ2n) is 7.26. The molecule has 2 amide bonds. The van der Waals surface area contributed by atoms with Crippen molar-refractivity contribution in [1.82, 2.24) is 0 Å². The fourth-order valence-electron chi connectivity index (χ4n) is 3.15. The van der Waals surface area contributed by atoms with Crippen LogP contribution < -0.4 is 15.5 Å². The number of benzene rings is 2. The Labute approximate surface area is 167 Å². The standard InChI is InChI=1S/C21H24F3N3O2/c1-13-8-14(2)20(15(3)9-13)26-19(29)12-27(4)11-18(28)25-17-7-5-6-16(10-17)21(22,23)24/h5-10H,11-12H2,1-4H3,(H,25,28)(H,26,29)/p+1. The zero-order valence-corrected chi connectivity index (χ0v) is 16.8. The molecule has 0 aliphatic heterocycles. The van der Waals surface area contributed by atoms with Gasteiger partial charge in [0.05, 0.1) is 12.6 Å². The normalized spacial score (nSPS) is 12.4. The van der Waals surface area contributed by atoms with Gasteiger partial charge in [0.25, 0.3) is 11.8 Å². The Morgan fingerprint density at radius 1 is 0.931 bits per heavy atom. The van der Waals surface area contributed by atoms with Crippen molar-refractivity contribution in [3.8, 4) is 0 Å². The molecule has 0 aliphatic carbocycles. The first-order valence-corrected chi connectivity index (χ1v) is 9.12. The van der Waals surface area contributed by atoms with E-state index in [1.165, 1.54) is 12.1 Å². The van der Waals surface area contributed by atoms with Gasteiger partial charge in [0, 0.05) is 11.4 Å². The maximum Gasteiger partial charge on any atom is 0.416 e. The van der Waals surface area contributed by atoms with Crippen molar-refractivity contribution in [3.05, 3.63) is 58.7 Å². The van der Waals surface area contributed by atoms with E-state index in [4.69, 9.17) is 0 Å². The zero-order valence-electron chi connectivity index (χ0n) is 16.8. The molecule has 0 saturated carbocycles. The van der Waals surface area contributed by atoms with Gasteiger partial charge < -0.3 is 15.5 Å². The second-order valence-corrected chi connectivity index (χ2v) is 7.26. The SMILES string of the molecule is Cc1cc(C)c(NC(=O)C[NH+](C)CC(=O)Nc2cccc(C(F)(F)F)c2)c(C)c1. The molecule has 2 aromatic carbocycles. The predicted molar refractivity (Wildman–Crippen MR) is 106 cm³/mol. The van der Waals surface area contributed by atoms with Crippen LogP contribution in [-0.2, 0) is 15.8 Å². The van der Waals surface area contributed by atoms with Crippen LogP contribution in [0.4, 0.5) is 24.5 Å². The van der Waals surface area contributed by atoms with Gasteiger partial charge in [-0.2, -0.15) is 13.2 Å². The smallest absolute Gasteiger partial charge is 0.322 e. The summed E-state index contributed by atoms with van der Waals surface area (Å²) >= 11 is 0. The minimum atomic E-state index is -4.48. The molecule has 2 aromatic rings. The number of nitrogens with one attached hydrogen (secondary N) is 3. The quantitative estimate of drug-likeness (QED) is 0.688. The lowest BCUT2D eigenvalue weighted by Crippen LogP contribution is -3.11. The van der Waals surface area contributed by atoms with Gasteiger partial charge >= 0.3 is 6.18 Å². The average Bonchev–Trinajstić information content (AvgIpc) is 2.57. The second kappa shape index (κ2) is 9.09. The number of hydrogen-bond acceptors (Lipinski definition) is 2. The summed E-state index contributed by atoms with van der Waals surface area (Å²) < 4.78 is 38.3. The van der Waals surface area contributed by atoms with Gasteiger partial charge in [-0.1, -0.05) is 23.8 Å². The molecular formula is C21H25F3N3O2+. The molecule has 0 spiro atoms. The number of halogens is 3. The number of likely N-dealkylation sites (N-methyl/N-ethyl adjacent to an activating group) is 1. The van der Waals surface area contributed by atoms with Crippen LogP contribution in [0.1, 0.15) is 22.3 Å². The van der Waals surface area contributed by atoms with E-state index in [0.717, 1.165) is 34.5 Å². The predicted octanol–water partition coefficient (Wildman–Crippen LogP) is 2.72.